The van der Waals surface area contributed by atoms with Crippen molar-refractivity contribution in [3.05, 3.63) is 15.8 Å². The molecule has 5 nitrogen and oxygen atoms in total. The van der Waals surface area contributed by atoms with E-state index in [9.17, 15) is 9.59 Å². The number of rotatable bonds is 4. The third-order valence-corrected chi connectivity index (χ3v) is 4.39. The molecule has 1 unspecified atom stereocenters. The van der Waals surface area contributed by atoms with E-state index in [0.29, 0.717) is 17.1 Å². The van der Waals surface area contributed by atoms with Crippen molar-refractivity contribution >= 4 is 28.9 Å². The number of ether oxygens (including phenoxy) is 1. The number of aryl methyl sites for hydroxylation is 1. The second-order valence-corrected chi connectivity index (χ2v) is 6.12. The third-order valence-electron chi connectivity index (χ3n) is 3.32. The Morgan fingerprint density at radius 3 is 2.85 bits per heavy atom. The highest BCUT2D eigenvalue weighted by Gasteiger charge is 2.36. The van der Waals surface area contributed by atoms with Crippen molar-refractivity contribution in [2.75, 3.05) is 18.6 Å². The predicted molar refractivity (Wildman–Crippen MR) is 79.4 cm³/mol. The highest BCUT2D eigenvalue weighted by Crippen LogP contribution is 2.34. The Bertz CT molecular complexity index is 524. The number of amides is 1. The van der Waals surface area contributed by atoms with Crippen molar-refractivity contribution in [3.63, 3.8) is 0 Å². The Labute approximate surface area is 122 Å². The summed E-state index contributed by atoms with van der Waals surface area (Å²) in [7, 11) is 1.36. The maximum absolute atomic E-state index is 12.5. The maximum Gasteiger partial charge on any atom is 0.350 e. The van der Waals surface area contributed by atoms with Gasteiger partial charge in [0, 0.05) is 12.6 Å². The highest BCUT2D eigenvalue weighted by molar-refractivity contribution is 7.12. The van der Waals surface area contributed by atoms with E-state index in [1.807, 2.05) is 26.2 Å². The summed E-state index contributed by atoms with van der Waals surface area (Å²) in [6.45, 7) is 6.58. The maximum atomic E-state index is 12.5. The molecule has 110 valence electrons. The van der Waals surface area contributed by atoms with Crippen LogP contribution in [-0.2, 0) is 9.53 Å². The zero-order valence-corrected chi connectivity index (χ0v) is 13.0. The minimum Gasteiger partial charge on any atom is -0.465 e. The molecule has 1 aromatic rings. The first-order valence-electron chi connectivity index (χ1n) is 6.69. The number of hydrogen-bond acceptors (Lipinski definition) is 5. The van der Waals surface area contributed by atoms with Gasteiger partial charge in [0.2, 0.25) is 5.91 Å². The first-order valence-corrected chi connectivity index (χ1v) is 7.57. The van der Waals surface area contributed by atoms with Crippen molar-refractivity contribution in [1.29, 1.82) is 0 Å². The van der Waals surface area contributed by atoms with E-state index in [1.54, 1.807) is 4.90 Å². The standard InChI is InChI=1S/C14H20N2O3S/c1-8(2)15-10-5-6-16(13(10)17)11-9(3)7-20-12(11)14(18)19-4/h7-8,10,15H,5-6H2,1-4H3. The van der Waals surface area contributed by atoms with E-state index in [0.717, 1.165) is 12.0 Å². The Hall–Kier alpha value is -1.40. The Morgan fingerprint density at radius 2 is 2.25 bits per heavy atom. The summed E-state index contributed by atoms with van der Waals surface area (Å²) in [4.78, 5) is 26.5. The molecule has 0 radical (unpaired) electrons. The molecule has 2 heterocycles. The van der Waals surface area contributed by atoms with Gasteiger partial charge in [0.25, 0.3) is 0 Å². The quantitative estimate of drug-likeness (QED) is 0.863. The summed E-state index contributed by atoms with van der Waals surface area (Å²) in [5, 5.41) is 5.15. The number of thiophene rings is 1. The van der Waals surface area contributed by atoms with Crippen LogP contribution in [0.3, 0.4) is 0 Å². The van der Waals surface area contributed by atoms with E-state index < -0.39 is 0 Å². The second kappa shape index (κ2) is 5.93. The van der Waals surface area contributed by atoms with Crippen LogP contribution in [0.2, 0.25) is 0 Å². The molecule has 1 saturated heterocycles. The molecule has 20 heavy (non-hydrogen) atoms. The lowest BCUT2D eigenvalue weighted by Gasteiger charge is -2.19. The predicted octanol–water partition coefficient (Wildman–Crippen LogP) is 1.95. The summed E-state index contributed by atoms with van der Waals surface area (Å²) in [5.41, 5.74) is 1.65. The number of methoxy groups -OCH3 is 1. The molecule has 1 fully saturated rings. The summed E-state index contributed by atoms with van der Waals surface area (Å²) in [6.07, 6.45) is 0.757. The number of nitrogens with zero attached hydrogens (tertiary/aromatic N) is 1. The number of nitrogens with one attached hydrogen (secondary N) is 1. The van der Waals surface area contributed by atoms with Crippen molar-refractivity contribution in [2.24, 2.45) is 0 Å². The van der Waals surface area contributed by atoms with Crippen LogP contribution in [0.25, 0.3) is 0 Å². The Kier molecular flexibility index (Phi) is 4.45. The van der Waals surface area contributed by atoms with Crippen LogP contribution in [0, 0.1) is 6.92 Å². The monoisotopic (exact) mass is 296 g/mol. The van der Waals surface area contributed by atoms with Crippen molar-refractivity contribution < 1.29 is 14.3 Å². The summed E-state index contributed by atoms with van der Waals surface area (Å²) in [5.74, 6) is -0.350. The minimum absolute atomic E-state index is 0.0327. The lowest BCUT2D eigenvalue weighted by molar-refractivity contribution is -0.118. The topological polar surface area (TPSA) is 58.6 Å². The van der Waals surface area contributed by atoms with Gasteiger partial charge in [0.1, 0.15) is 4.88 Å². The van der Waals surface area contributed by atoms with E-state index >= 15 is 0 Å². The Balaban J connectivity index is 2.27. The summed E-state index contributed by atoms with van der Waals surface area (Å²) < 4.78 is 4.79. The molecule has 1 N–H and O–H groups in total. The first kappa shape index (κ1) is 15.0. The largest absolute Gasteiger partial charge is 0.465 e. The number of carbonyl (C=O) groups is 2. The molecule has 0 saturated carbocycles. The molecule has 0 bridgehead atoms. The van der Waals surface area contributed by atoms with Gasteiger partial charge in [0.15, 0.2) is 0 Å². The fourth-order valence-electron chi connectivity index (χ4n) is 2.47. The first-order chi connectivity index (χ1) is 9.45. The molecule has 1 atom stereocenters. The average Bonchev–Trinajstić information content (AvgIpc) is 2.93. The van der Waals surface area contributed by atoms with E-state index in [1.165, 1.54) is 18.4 Å². The van der Waals surface area contributed by atoms with Crippen LogP contribution in [0.5, 0.6) is 0 Å². The van der Waals surface area contributed by atoms with E-state index in [2.05, 4.69) is 5.32 Å². The van der Waals surface area contributed by atoms with E-state index in [-0.39, 0.29) is 24.0 Å². The smallest absolute Gasteiger partial charge is 0.350 e. The second-order valence-electron chi connectivity index (χ2n) is 5.24. The molecule has 0 aliphatic carbocycles. The molecule has 1 aliphatic heterocycles. The van der Waals surface area contributed by atoms with Crippen molar-refractivity contribution in [2.45, 2.75) is 39.3 Å². The van der Waals surface area contributed by atoms with Gasteiger partial charge in [-0.15, -0.1) is 11.3 Å². The highest BCUT2D eigenvalue weighted by atomic mass is 32.1. The van der Waals surface area contributed by atoms with Crippen LogP contribution in [0.1, 0.15) is 35.5 Å². The van der Waals surface area contributed by atoms with Crippen LogP contribution in [0.15, 0.2) is 5.38 Å². The van der Waals surface area contributed by atoms with Gasteiger partial charge in [-0.1, -0.05) is 13.8 Å². The number of esters is 1. The van der Waals surface area contributed by atoms with Crippen LogP contribution in [-0.4, -0.2) is 37.6 Å². The number of carbonyl (C=O) groups excluding carboxylic acids is 2. The zero-order valence-electron chi connectivity index (χ0n) is 12.2. The molecule has 0 aromatic carbocycles. The number of hydrogen-bond donors (Lipinski definition) is 1. The molecule has 1 amide bonds. The normalized spacial score (nSPS) is 18.9. The van der Waals surface area contributed by atoms with Crippen molar-refractivity contribution in [3.8, 4) is 0 Å². The lowest BCUT2D eigenvalue weighted by atomic mass is 10.2. The Morgan fingerprint density at radius 1 is 1.55 bits per heavy atom. The molecule has 1 aromatic heterocycles. The minimum atomic E-state index is -0.383. The van der Waals surface area contributed by atoms with Gasteiger partial charge in [-0.25, -0.2) is 4.79 Å². The van der Waals surface area contributed by atoms with Gasteiger partial charge in [0.05, 0.1) is 18.8 Å². The van der Waals surface area contributed by atoms with Crippen LogP contribution in [0.4, 0.5) is 5.69 Å². The number of anilines is 1. The van der Waals surface area contributed by atoms with Crippen LogP contribution >= 0.6 is 11.3 Å². The fourth-order valence-corrected chi connectivity index (χ4v) is 3.44. The zero-order chi connectivity index (χ0) is 14.9. The van der Waals surface area contributed by atoms with Gasteiger partial charge in [-0.3, -0.25) is 4.79 Å². The molecule has 2 rings (SSSR count). The van der Waals surface area contributed by atoms with Gasteiger partial charge in [-0.05, 0) is 24.3 Å². The molecule has 1 aliphatic rings. The van der Waals surface area contributed by atoms with Gasteiger partial charge < -0.3 is 15.0 Å². The molecule has 0 spiro atoms. The molecule has 6 heteroatoms. The average molecular weight is 296 g/mol. The molecular formula is C14H20N2O3S. The van der Waals surface area contributed by atoms with Crippen molar-refractivity contribution in [1.82, 2.24) is 5.32 Å². The van der Waals surface area contributed by atoms with Gasteiger partial charge in [-0.2, -0.15) is 0 Å². The lowest BCUT2D eigenvalue weighted by Crippen LogP contribution is -2.41. The summed E-state index contributed by atoms with van der Waals surface area (Å²) >= 11 is 1.32. The SMILES string of the molecule is COC(=O)c1scc(C)c1N1CCC(NC(C)C)C1=O. The molecular weight excluding hydrogens is 276 g/mol. The fraction of sp³-hybridized carbons (Fsp3) is 0.571. The van der Waals surface area contributed by atoms with E-state index in [4.69, 9.17) is 4.74 Å². The van der Waals surface area contributed by atoms with Gasteiger partial charge >= 0.3 is 5.97 Å². The summed E-state index contributed by atoms with van der Waals surface area (Å²) in [6, 6.07) is 0.0901. The van der Waals surface area contributed by atoms with Crippen LogP contribution < -0.4 is 10.2 Å². The third kappa shape index (κ3) is 2.71.